The van der Waals surface area contributed by atoms with Crippen LogP contribution in [0.4, 0.5) is 0 Å². The van der Waals surface area contributed by atoms with Crippen LogP contribution < -0.4 is 4.74 Å². The Morgan fingerprint density at radius 3 is 2.65 bits per heavy atom. The zero-order valence-corrected chi connectivity index (χ0v) is 12.5. The van der Waals surface area contributed by atoms with Gasteiger partial charge in [0.2, 0.25) is 0 Å². The first-order valence-corrected chi connectivity index (χ1v) is 8.45. The van der Waals surface area contributed by atoms with Gasteiger partial charge < -0.3 is 9.64 Å². The number of amides is 1. The Morgan fingerprint density at radius 1 is 1.40 bits per heavy atom. The molecule has 0 N–H and O–H groups in total. The zero-order chi connectivity index (χ0) is 14.8. The van der Waals surface area contributed by atoms with Crippen molar-refractivity contribution in [2.75, 3.05) is 25.2 Å². The van der Waals surface area contributed by atoms with Gasteiger partial charge in [-0.25, -0.2) is 8.42 Å². The zero-order valence-electron chi connectivity index (χ0n) is 11.7. The minimum atomic E-state index is -3.01. The van der Waals surface area contributed by atoms with E-state index in [9.17, 15) is 13.2 Å². The fourth-order valence-corrected chi connectivity index (χ4v) is 4.30. The third-order valence-corrected chi connectivity index (χ3v) is 5.34. The molecule has 1 aromatic carbocycles. The van der Waals surface area contributed by atoms with E-state index in [4.69, 9.17) is 4.74 Å². The molecule has 20 heavy (non-hydrogen) atoms. The SMILES string of the molecule is CCN(C(=O)c1ccccc1OC)[C@@H]1CCS(=O)(=O)C1. The summed E-state index contributed by atoms with van der Waals surface area (Å²) in [6, 6.07) is 6.77. The standard InChI is InChI=1S/C14H19NO4S/c1-3-15(11-8-9-20(17,18)10-11)14(16)12-6-4-5-7-13(12)19-2/h4-7,11H,3,8-10H2,1-2H3/t11-/m1/s1. The number of rotatable bonds is 4. The number of hydrogen-bond acceptors (Lipinski definition) is 4. The summed E-state index contributed by atoms with van der Waals surface area (Å²) < 4.78 is 28.4. The van der Waals surface area contributed by atoms with Gasteiger partial charge in [0.05, 0.1) is 24.2 Å². The Balaban J connectivity index is 2.26. The third-order valence-electron chi connectivity index (χ3n) is 3.59. The quantitative estimate of drug-likeness (QED) is 0.841. The van der Waals surface area contributed by atoms with E-state index in [2.05, 4.69) is 0 Å². The molecule has 5 nitrogen and oxygen atoms in total. The molecule has 1 amide bonds. The Kier molecular flexibility index (Phi) is 4.32. The molecule has 6 heteroatoms. The van der Waals surface area contributed by atoms with Crippen molar-refractivity contribution in [2.24, 2.45) is 0 Å². The van der Waals surface area contributed by atoms with Gasteiger partial charge in [-0.3, -0.25) is 4.79 Å². The van der Waals surface area contributed by atoms with E-state index in [0.29, 0.717) is 24.3 Å². The summed E-state index contributed by atoms with van der Waals surface area (Å²) in [6.45, 7) is 2.34. The molecule has 0 aliphatic carbocycles. The summed E-state index contributed by atoms with van der Waals surface area (Å²) in [5.41, 5.74) is 0.473. The summed E-state index contributed by atoms with van der Waals surface area (Å²) in [5, 5.41) is 0. The highest BCUT2D eigenvalue weighted by atomic mass is 32.2. The molecule has 0 bridgehead atoms. The number of hydrogen-bond donors (Lipinski definition) is 0. The summed E-state index contributed by atoms with van der Waals surface area (Å²) >= 11 is 0. The van der Waals surface area contributed by atoms with Crippen LogP contribution in [0.2, 0.25) is 0 Å². The number of carbonyl (C=O) groups is 1. The van der Waals surface area contributed by atoms with Gasteiger partial charge in [0.25, 0.3) is 5.91 Å². The molecule has 1 aliphatic heterocycles. The fourth-order valence-electron chi connectivity index (χ4n) is 2.56. The van der Waals surface area contributed by atoms with Crippen molar-refractivity contribution in [3.8, 4) is 5.75 Å². The summed E-state index contributed by atoms with van der Waals surface area (Å²) in [7, 11) is -1.49. The van der Waals surface area contributed by atoms with Gasteiger partial charge in [-0.1, -0.05) is 12.1 Å². The first kappa shape index (κ1) is 14.8. The number of para-hydroxylation sites is 1. The number of methoxy groups -OCH3 is 1. The van der Waals surface area contributed by atoms with E-state index in [1.165, 1.54) is 7.11 Å². The molecule has 0 unspecified atom stereocenters. The molecule has 0 saturated carbocycles. The molecule has 1 atom stereocenters. The average Bonchev–Trinajstić information content (AvgIpc) is 2.79. The molecule has 110 valence electrons. The topological polar surface area (TPSA) is 63.7 Å². The Morgan fingerprint density at radius 2 is 2.10 bits per heavy atom. The monoisotopic (exact) mass is 297 g/mol. The van der Waals surface area contributed by atoms with Crippen molar-refractivity contribution in [2.45, 2.75) is 19.4 Å². The van der Waals surface area contributed by atoms with Crippen molar-refractivity contribution >= 4 is 15.7 Å². The van der Waals surface area contributed by atoms with E-state index >= 15 is 0 Å². The molecule has 1 heterocycles. The summed E-state index contributed by atoms with van der Waals surface area (Å²) in [4.78, 5) is 14.2. The van der Waals surface area contributed by atoms with Gasteiger partial charge in [-0.05, 0) is 25.5 Å². The Hall–Kier alpha value is -1.56. The second kappa shape index (κ2) is 5.83. The van der Waals surface area contributed by atoms with Gasteiger partial charge in [-0.15, -0.1) is 0 Å². The third kappa shape index (κ3) is 2.95. The minimum absolute atomic E-state index is 0.0573. The largest absolute Gasteiger partial charge is 0.496 e. The van der Waals surface area contributed by atoms with Crippen LogP contribution in [0, 0.1) is 0 Å². The molecule has 0 aromatic heterocycles. The van der Waals surface area contributed by atoms with Gasteiger partial charge >= 0.3 is 0 Å². The lowest BCUT2D eigenvalue weighted by atomic mass is 10.1. The molecule has 0 radical (unpaired) electrons. The van der Waals surface area contributed by atoms with E-state index in [1.54, 1.807) is 29.2 Å². The summed E-state index contributed by atoms with van der Waals surface area (Å²) in [6.07, 6.45) is 0.511. The number of sulfone groups is 1. The van der Waals surface area contributed by atoms with Gasteiger partial charge in [0, 0.05) is 12.6 Å². The van der Waals surface area contributed by atoms with E-state index < -0.39 is 9.84 Å². The highest BCUT2D eigenvalue weighted by Gasteiger charge is 2.34. The Labute approximate surface area is 119 Å². The minimum Gasteiger partial charge on any atom is -0.496 e. The lowest BCUT2D eigenvalue weighted by Crippen LogP contribution is -2.41. The van der Waals surface area contributed by atoms with Crippen LogP contribution in [0.25, 0.3) is 0 Å². The lowest BCUT2D eigenvalue weighted by molar-refractivity contribution is 0.0705. The molecule has 1 saturated heterocycles. The predicted octanol–water partition coefficient (Wildman–Crippen LogP) is 1.34. The second-order valence-electron chi connectivity index (χ2n) is 4.85. The van der Waals surface area contributed by atoms with Crippen LogP contribution in [0.15, 0.2) is 24.3 Å². The van der Waals surface area contributed by atoms with Crippen LogP contribution in [-0.2, 0) is 9.84 Å². The maximum absolute atomic E-state index is 12.6. The highest BCUT2D eigenvalue weighted by molar-refractivity contribution is 7.91. The molecular weight excluding hydrogens is 278 g/mol. The number of ether oxygens (including phenoxy) is 1. The van der Waals surface area contributed by atoms with E-state index in [1.807, 2.05) is 6.92 Å². The first-order chi connectivity index (χ1) is 9.48. The highest BCUT2D eigenvalue weighted by Crippen LogP contribution is 2.24. The van der Waals surface area contributed by atoms with Crippen LogP contribution in [0.1, 0.15) is 23.7 Å². The number of carbonyl (C=O) groups excluding carboxylic acids is 1. The molecule has 2 rings (SSSR count). The molecule has 0 spiro atoms. The van der Waals surface area contributed by atoms with E-state index in [0.717, 1.165) is 0 Å². The van der Waals surface area contributed by atoms with Crippen LogP contribution in [0.3, 0.4) is 0 Å². The molecule has 1 aromatic rings. The maximum Gasteiger partial charge on any atom is 0.257 e. The smallest absolute Gasteiger partial charge is 0.257 e. The van der Waals surface area contributed by atoms with Crippen molar-refractivity contribution < 1.29 is 17.9 Å². The van der Waals surface area contributed by atoms with Crippen molar-refractivity contribution in [3.05, 3.63) is 29.8 Å². The van der Waals surface area contributed by atoms with Crippen LogP contribution >= 0.6 is 0 Å². The van der Waals surface area contributed by atoms with Gasteiger partial charge in [0.1, 0.15) is 5.75 Å². The van der Waals surface area contributed by atoms with Gasteiger partial charge in [0.15, 0.2) is 9.84 Å². The Bertz CT molecular complexity index is 597. The van der Waals surface area contributed by atoms with E-state index in [-0.39, 0.29) is 23.5 Å². The van der Waals surface area contributed by atoms with Crippen LogP contribution in [0.5, 0.6) is 5.75 Å². The number of nitrogens with zero attached hydrogens (tertiary/aromatic N) is 1. The normalized spacial score (nSPS) is 20.6. The van der Waals surface area contributed by atoms with Crippen molar-refractivity contribution in [1.82, 2.24) is 4.90 Å². The molecule has 1 aliphatic rings. The van der Waals surface area contributed by atoms with Crippen LogP contribution in [-0.4, -0.2) is 50.4 Å². The number of benzene rings is 1. The molecular formula is C14H19NO4S. The second-order valence-corrected chi connectivity index (χ2v) is 7.08. The summed E-state index contributed by atoms with van der Waals surface area (Å²) in [5.74, 6) is 0.554. The average molecular weight is 297 g/mol. The van der Waals surface area contributed by atoms with Crippen molar-refractivity contribution in [3.63, 3.8) is 0 Å². The predicted molar refractivity (Wildman–Crippen MR) is 76.8 cm³/mol. The molecule has 1 fully saturated rings. The lowest BCUT2D eigenvalue weighted by Gasteiger charge is -2.27. The van der Waals surface area contributed by atoms with Crippen molar-refractivity contribution in [1.29, 1.82) is 0 Å². The van der Waals surface area contributed by atoms with Gasteiger partial charge in [-0.2, -0.15) is 0 Å². The fraction of sp³-hybridized carbons (Fsp3) is 0.500. The first-order valence-electron chi connectivity index (χ1n) is 6.63. The maximum atomic E-state index is 12.6.